The third kappa shape index (κ3) is 1.16. The summed E-state index contributed by atoms with van der Waals surface area (Å²) in [6, 6.07) is 7.56. The van der Waals surface area contributed by atoms with E-state index in [4.69, 9.17) is 0 Å². The molecular weight excluding hydrogens is 202 g/mol. The lowest BCUT2D eigenvalue weighted by Crippen LogP contribution is -1.94. The van der Waals surface area contributed by atoms with Crippen LogP contribution < -0.4 is 0 Å². The van der Waals surface area contributed by atoms with Crippen molar-refractivity contribution in [1.29, 1.82) is 0 Å². The molecule has 0 aliphatic heterocycles. The van der Waals surface area contributed by atoms with Crippen LogP contribution >= 0.6 is 0 Å². The van der Waals surface area contributed by atoms with Gasteiger partial charge in [-0.2, -0.15) is 0 Å². The van der Waals surface area contributed by atoms with Gasteiger partial charge in [-0.05, 0) is 0 Å². The smallest absolute Gasteiger partial charge is 0.179 e. The van der Waals surface area contributed by atoms with Crippen LogP contribution in [0.25, 0.3) is 21.9 Å². The van der Waals surface area contributed by atoms with E-state index in [-0.39, 0.29) is 0 Å². The van der Waals surface area contributed by atoms with E-state index in [9.17, 15) is 4.79 Å². The minimum Gasteiger partial charge on any atom is -0.296 e. The molecule has 0 radical (unpaired) electrons. The van der Waals surface area contributed by atoms with E-state index in [1.807, 2.05) is 24.3 Å². The van der Waals surface area contributed by atoms with Crippen molar-refractivity contribution in [2.24, 2.45) is 0 Å². The van der Waals surface area contributed by atoms with Gasteiger partial charge < -0.3 is 0 Å². The van der Waals surface area contributed by atoms with Gasteiger partial charge in [-0.3, -0.25) is 9.78 Å². The minimum atomic E-state index is 0.406. The van der Waals surface area contributed by atoms with Gasteiger partial charge in [-0.25, -0.2) is 9.97 Å². The normalized spacial score (nSPS) is 10.8. The average molecular weight is 209 g/mol. The topological polar surface area (TPSA) is 55.7 Å². The first-order chi connectivity index (χ1) is 7.90. The SMILES string of the molecule is O=Cc1nc2nccnc2c2ccccc12. The summed E-state index contributed by atoms with van der Waals surface area (Å²) in [7, 11) is 0. The summed E-state index contributed by atoms with van der Waals surface area (Å²) in [5.74, 6) is 0. The van der Waals surface area contributed by atoms with E-state index in [1.165, 1.54) is 0 Å². The molecule has 76 valence electrons. The fraction of sp³-hybridized carbons (Fsp3) is 0. The molecule has 0 fully saturated rings. The number of aldehydes is 1. The molecule has 3 aromatic rings. The summed E-state index contributed by atoms with van der Waals surface area (Å²) in [5.41, 5.74) is 1.63. The summed E-state index contributed by atoms with van der Waals surface area (Å²) in [4.78, 5) is 23.5. The highest BCUT2D eigenvalue weighted by atomic mass is 16.1. The molecule has 0 N–H and O–H groups in total. The minimum absolute atomic E-state index is 0.406. The summed E-state index contributed by atoms with van der Waals surface area (Å²) in [6.07, 6.45) is 3.94. The van der Waals surface area contributed by atoms with Gasteiger partial charge in [0.25, 0.3) is 0 Å². The Morgan fingerprint density at radius 3 is 2.56 bits per heavy atom. The van der Waals surface area contributed by atoms with Crippen molar-refractivity contribution in [2.75, 3.05) is 0 Å². The Bertz CT molecular complexity index is 694. The third-order valence-electron chi connectivity index (χ3n) is 2.48. The molecule has 0 aliphatic carbocycles. The van der Waals surface area contributed by atoms with Crippen LogP contribution in [0, 0.1) is 0 Å². The van der Waals surface area contributed by atoms with Gasteiger partial charge in [-0.15, -0.1) is 0 Å². The second-order valence-corrected chi connectivity index (χ2v) is 3.39. The van der Waals surface area contributed by atoms with Gasteiger partial charge in [0.2, 0.25) is 0 Å². The van der Waals surface area contributed by atoms with Crippen LogP contribution in [0.15, 0.2) is 36.7 Å². The summed E-state index contributed by atoms with van der Waals surface area (Å²) in [5, 5.41) is 1.72. The maximum Gasteiger partial charge on any atom is 0.179 e. The predicted octanol–water partition coefficient (Wildman–Crippen LogP) is 1.99. The van der Waals surface area contributed by atoms with Crippen molar-refractivity contribution in [3.8, 4) is 0 Å². The van der Waals surface area contributed by atoms with Crippen molar-refractivity contribution in [1.82, 2.24) is 15.0 Å². The van der Waals surface area contributed by atoms with E-state index in [1.54, 1.807) is 12.4 Å². The number of nitrogens with zero attached hydrogens (tertiary/aromatic N) is 3. The molecule has 0 amide bonds. The van der Waals surface area contributed by atoms with Gasteiger partial charge in [0, 0.05) is 23.2 Å². The molecule has 0 saturated carbocycles. The van der Waals surface area contributed by atoms with Crippen molar-refractivity contribution in [3.63, 3.8) is 0 Å². The van der Waals surface area contributed by atoms with E-state index in [2.05, 4.69) is 15.0 Å². The first-order valence-electron chi connectivity index (χ1n) is 4.85. The van der Waals surface area contributed by atoms with Crippen LogP contribution in [-0.2, 0) is 0 Å². The lowest BCUT2D eigenvalue weighted by Gasteiger charge is -2.03. The molecule has 0 unspecified atom stereocenters. The number of benzene rings is 1. The third-order valence-corrected chi connectivity index (χ3v) is 2.48. The van der Waals surface area contributed by atoms with Crippen LogP contribution in [-0.4, -0.2) is 21.2 Å². The van der Waals surface area contributed by atoms with Gasteiger partial charge in [0.1, 0.15) is 11.2 Å². The average Bonchev–Trinajstić information content (AvgIpc) is 2.38. The molecule has 0 atom stereocenters. The largest absolute Gasteiger partial charge is 0.296 e. The zero-order valence-corrected chi connectivity index (χ0v) is 8.29. The molecule has 0 bridgehead atoms. The molecule has 2 aromatic heterocycles. The Balaban J connectivity index is 2.62. The Morgan fingerprint density at radius 2 is 1.75 bits per heavy atom. The molecule has 0 aliphatic rings. The predicted molar refractivity (Wildman–Crippen MR) is 60.2 cm³/mol. The Kier molecular flexibility index (Phi) is 1.86. The number of carbonyl (C=O) groups excluding carboxylic acids is 1. The summed E-state index contributed by atoms with van der Waals surface area (Å²) >= 11 is 0. The second kappa shape index (κ2) is 3.34. The quantitative estimate of drug-likeness (QED) is 0.454. The molecular formula is C12H7N3O. The van der Waals surface area contributed by atoms with Crippen LogP contribution in [0.4, 0.5) is 0 Å². The van der Waals surface area contributed by atoms with Gasteiger partial charge in [0.05, 0.1) is 0 Å². The monoisotopic (exact) mass is 209 g/mol. The molecule has 4 heteroatoms. The number of aromatic nitrogens is 3. The van der Waals surface area contributed by atoms with E-state index in [0.29, 0.717) is 11.3 Å². The highest BCUT2D eigenvalue weighted by Gasteiger charge is 2.07. The molecule has 3 rings (SSSR count). The molecule has 0 spiro atoms. The molecule has 4 nitrogen and oxygen atoms in total. The van der Waals surface area contributed by atoms with E-state index < -0.39 is 0 Å². The maximum atomic E-state index is 11.0. The Labute approximate surface area is 91.0 Å². The summed E-state index contributed by atoms with van der Waals surface area (Å²) in [6.45, 7) is 0. The second-order valence-electron chi connectivity index (χ2n) is 3.39. The molecule has 0 saturated heterocycles. The lowest BCUT2D eigenvalue weighted by atomic mass is 10.1. The number of rotatable bonds is 1. The lowest BCUT2D eigenvalue weighted by molar-refractivity contribution is 0.112. The standard InChI is InChI=1S/C12H7N3O/c16-7-10-8-3-1-2-4-9(8)11-12(15-10)14-6-5-13-11/h1-7H. The molecule has 1 aromatic carbocycles. The maximum absolute atomic E-state index is 11.0. The highest BCUT2D eigenvalue weighted by molar-refractivity contribution is 6.08. The number of hydrogen-bond acceptors (Lipinski definition) is 4. The fourth-order valence-corrected chi connectivity index (χ4v) is 1.78. The number of carbonyl (C=O) groups is 1. The Hall–Kier alpha value is -2.36. The zero-order chi connectivity index (χ0) is 11.0. The zero-order valence-electron chi connectivity index (χ0n) is 8.29. The number of hydrogen-bond donors (Lipinski definition) is 0. The van der Waals surface area contributed by atoms with Crippen LogP contribution in [0.2, 0.25) is 0 Å². The van der Waals surface area contributed by atoms with E-state index in [0.717, 1.165) is 22.6 Å². The van der Waals surface area contributed by atoms with Crippen LogP contribution in [0.5, 0.6) is 0 Å². The van der Waals surface area contributed by atoms with Gasteiger partial charge in [-0.1, -0.05) is 24.3 Å². The molecule has 2 heterocycles. The van der Waals surface area contributed by atoms with Gasteiger partial charge >= 0.3 is 0 Å². The first-order valence-corrected chi connectivity index (χ1v) is 4.85. The number of fused-ring (bicyclic) bond motifs is 3. The van der Waals surface area contributed by atoms with Crippen molar-refractivity contribution >= 4 is 28.2 Å². The van der Waals surface area contributed by atoms with Crippen molar-refractivity contribution in [3.05, 3.63) is 42.4 Å². The van der Waals surface area contributed by atoms with E-state index >= 15 is 0 Å². The number of pyridine rings is 1. The van der Waals surface area contributed by atoms with Crippen LogP contribution in [0.1, 0.15) is 10.5 Å². The van der Waals surface area contributed by atoms with Crippen LogP contribution in [0.3, 0.4) is 0 Å². The highest BCUT2D eigenvalue weighted by Crippen LogP contribution is 2.22. The fourth-order valence-electron chi connectivity index (χ4n) is 1.78. The van der Waals surface area contributed by atoms with Gasteiger partial charge in [0.15, 0.2) is 11.9 Å². The van der Waals surface area contributed by atoms with Crippen molar-refractivity contribution in [2.45, 2.75) is 0 Å². The first kappa shape index (κ1) is 8.91. The Morgan fingerprint density at radius 1 is 1.00 bits per heavy atom. The summed E-state index contributed by atoms with van der Waals surface area (Å²) < 4.78 is 0. The van der Waals surface area contributed by atoms with Crippen molar-refractivity contribution < 1.29 is 4.79 Å². The molecule has 16 heavy (non-hydrogen) atoms.